The number of rotatable bonds is 7. The molecule has 31 heavy (non-hydrogen) atoms. The Morgan fingerprint density at radius 2 is 1.87 bits per heavy atom. The molecule has 2 unspecified atom stereocenters. The van der Waals surface area contributed by atoms with Crippen molar-refractivity contribution in [3.63, 3.8) is 0 Å². The Labute approximate surface area is 188 Å². The lowest BCUT2D eigenvalue weighted by atomic mass is 9.81. The Morgan fingerprint density at radius 1 is 1.26 bits per heavy atom. The summed E-state index contributed by atoms with van der Waals surface area (Å²) in [5.41, 5.74) is -1.64. The number of carboxylic acids is 1. The van der Waals surface area contributed by atoms with Gasteiger partial charge in [0.05, 0.1) is 26.9 Å². The van der Waals surface area contributed by atoms with Crippen LogP contribution in [0.3, 0.4) is 0 Å². The molecule has 2 saturated heterocycles. The van der Waals surface area contributed by atoms with E-state index in [4.69, 9.17) is 4.74 Å². The van der Waals surface area contributed by atoms with Gasteiger partial charge in [-0.2, -0.15) is 0 Å². The molecular formula is C21H28N2O6S2. The van der Waals surface area contributed by atoms with E-state index in [1.165, 1.54) is 16.7 Å². The summed E-state index contributed by atoms with van der Waals surface area (Å²) in [6.07, 6.45) is 0. The first-order valence-electron chi connectivity index (χ1n) is 9.91. The number of amides is 1. The highest BCUT2D eigenvalue weighted by molar-refractivity contribution is 8.01. The predicted octanol–water partition coefficient (Wildman–Crippen LogP) is 1.91. The zero-order valence-corrected chi connectivity index (χ0v) is 19.8. The molecule has 1 aromatic rings. The number of β-lactam (4-membered cyclic amide) rings is 1. The standard InChI is InChI=1S/C21H28N2O6S2/c1-19(2,3)18(27)29-12-21(17(25)26)20(4,5)30-16-14(15(24)23(16)21)22-31(28)11-13-9-7-6-8-10-13/h6-10,14,16,22H,11-12H2,1-5H3,(H,25,26)/t14?,16-,21+,31?/m1/s1. The third-order valence-corrected chi connectivity index (χ3v) is 8.41. The number of hydrogen-bond acceptors (Lipinski definition) is 6. The number of benzene rings is 1. The number of ether oxygens (including phenoxy) is 1. The number of carboxylic acid groups (broad SMARTS) is 1. The van der Waals surface area contributed by atoms with E-state index in [1.54, 1.807) is 34.6 Å². The van der Waals surface area contributed by atoms with Crippen molar-refractivity contribution in [3.05, 3.63) is 35.9 Å². The molecule has 0 aliphatic carbocycles. The minimum atomic E-state index is -1.71. The zero-order chi connectivity index (χ0) is 23.2. The van der Waals surface area contributed by atoms with Crippen molar-refractivity contribution in [2.24, 2.45) is 5.41 Å². The van der Waals surface area contributed by atoms with E-state index in [2.05, 4.69) is 4.72 Å². The maximum absolute atomic E-state index is 13.0. The first kappa shape index (κ1) is 23.7. The van der Waals surface area contributed by atoms with Gasteiger partial charge in [-0.25, -0.2) is 13.7 Å². The number of fused-ring (bicyclic) bond motifs is 1. The lowest BCUT2D eigenvalue weighted by Crippen LogP contribution is -2.76. The average Bonchev–Trinajstić information content (AvgIpc) is 2.89. The predicted molar refractivity (Wildman–Crippen MR) is 118 cm³/mol. The molecular weight excluding hydrogens is 440 g/mol. The van der Waals surface area contributed by atoms with Crippen molar-refractivity contribution in [2.45, 2.75) is 62.1 Å². The molecule has 8 nitrogen and oxygen atoms in total. The number of hydrogen-bond donors (Lipinski definition) is 2. The van der Waals surface area contributed by atoms with Crippen molar-refractivity contribution in [2.75, 3.05) is 6.61 Å². The number of nitrogens with zero attached hydrogens (tertiary/aromatic N) is 1. The van der Waals surface area contributed by atoms with Crippen molar-refractivity contribution < 1.29 is 28.4 Å². The summed E-state index contributed by atoms with van der Waals surface area (Å²) in [7, 11) is -1.51. The Bertz CT molecular complexity index is 914. The van der Waals surface area contributed by atoms with Gasteiger partial charge in [-0.3, -0.25) is 9.59 Å². The highest BCUT2D eigenvalue weighted by Crippen LogP contribution is 2.57. The molecule has 2 N–H and O–H groups in total. The van der Waals surface area contributed by atoms with Gasteiger partial charge in [0.15, 0.2) is 5.54 Å². The van der Waals surface area contributed by atoms with Crippen molar-refractivity contribution >= 4 is 40.6 Å². The summed E-state index contributed by atoms with van der Waals surface area (Å²) in [5, 5.41) is 9.62. The maximum Gasteiger partial charge on any atom is 0.334 e. The maximum atomic E-state index is 13.0. The molecule has 1 amide bonds. The molecule has 0 radical (unpaired) electrons. The van der Waals surface area contributed by atoms with Gasteiger partial charge in [-0.05, 0) is 40.2 Å². The summed E-state index contributed by atoms with van der Waals surface area (Å²) >= 11 is 1.31. The first-order valence-corrected chi connectivity index (χ1v) is 12.1. The van der Waals surface area contributed by atoms with Crippen LogP contribution in [0.1, 0.15) is 40.2 Å². The molecule has 0 saturated carbocycles. The summed E-state index contributed by atoms with van der Waals surface area (Å²) in [4.78, 5) is 39.0. The number of aliphatic carboxylic acids is 1. The van der Waals surface area contributed by atoms with Crippen LogP contribution >= 0.6 is 11.8 Å². The number of nitrogens with one attached hydrogen (secondary N) is 1. The summed E-state index contributed by atoms with van der Waals surface area (Å²) in [6.45, 7) is 8.03. The fourth-order valence-electron chi connectivity index (χ4n) is 3.75. The van der Waals surface area contributed by atoms with Gasteiger partial charge in [0.25, 0.3) is 0 Å². The third-order valence-electron chi connectivity index (χ3n) is 5.64. The monoisotopic (exact) mass is 468 g/mol. The Balaban J connectivity index is 1.78. The lowest BCUT2D eigenvalue weighted by Gasteiger charge is -2.49. The zero-order valence-electron chi connectivity index (χ0n) is 18.2. The fourth-order valence-corrected chi connectivity index (χ4v) is 6.68. The van der Waals surface area contributed by atoms with Crippen LogP contribution in [-0.2, 0) is 35.9 Å². The van der Waals surface area contributed by atoms with Crippen LogP contribution in [0.15, 0.2) is 30.3 Å². The molecule has 0 aromatic heterocycles. The molecule has 1 aromatic carbocycles. The van der Waals surface area contributed by atoms with Crippen LogP contribution in [0.4, 0.5) is 0 Å². The molecule has 2 heterocycles. The van der Waals surface area contributed by atoms with Crippen LogP contribution in [0.25, 0.3) is 0 Å². The number of carbonyl (C=O) groups is 3. The van der Waals surface area contributed by atoms with Gasteiger partial charge in [0.2, 0.25) is 5.91 Å². The SMILES string of the molecule is CC(C)(C)C(=O)OC[C@@]1(C(=O)O)N2C(=O)C(NS(=O)Cc3ccccc3)[C@H]2SC1(C)C. The number of thioether (sulfide) groups is 1. The van der Waals surface area contributed by atoms with Gasteiger partial charge in [0.1, 0.15) is 18.0 Å². The summed E-state index contributed by atoms with van der Waals surface area (Å²) in [5.74, 6) is -1.99. The fraction of sp³-hybridized carbons (Fsp3) is 0.571. The smallest absolute Gasteiger partial charge is 0.334 e. The topological polar surface area (TPSA) is 113 Å². The highest BCUT2D eigenvalue weighted by Gasteiger charge is 2.73. The number of carbonyl (C=O) groups excluding carboxylic acids is 2. The van der Waals surface area contributed by atoms with Crippen LogP contribution in [0.5, 0.6) is 0 Å². The molecule has 2 aliphatic rings. The molecule has 2 aliphatic heterocycles. The lowest BCUT2D eigenvalue weighted by molar-refractivity contribution is -0.180. The van der Waals surface area contributed by atoms with Gasteiger partial charge in [-0.15, -0.1) is 11.8 Å². The third kappa shape index (κ3) is 4.12. The number of esters is 1. The first-order chi connectivity index (χ1) is 14.3. The molecule has 3 rings (SSSR count). The molecule has 170 valence electrons. The van der Waals surface area contributed by atoms with E-state index in [0.29, 0.717) is 0 Å². The second kappa shape index (κ2) is 8.22. The van der Waals surface area contributed by atoms with Crippen LogP contribution in [-0.4, -0.2) is 60.4 Å². The van der Waals surface area contributed by atoms with E-state index in [-0.39, 0.29) is 5.75 Å². The summed E-state index contributed by atoms with van der Waals surface area (Å²) < 4.78 is 19.9. The molecule has 4 atom stereocenters. The molecule has 2 fully saturated rings. The van der Waals surface area contributed by atoms with Crippen LogP contribution in [0, 0.1) is 5.41 Å². The minimum absolute atomic E-state index is 0.235. The van der Waals surface area contributed by atoms with Gasteiger partial charge in [0, 0.05) is 0 Å². The quantitative estimate of drug-likeness (QED) is 0.464. The molecule has 0 bridgehead atoms. The highest BCUT2D eigenvalue weighted by atomic mass is 32.2. The summed E-state index contributed by atoms with van der Waals surface area (Å²) in [6, 6.07) is 8.48. The minimum Gasteiger partial charge on any atom is -0.479 e. The Hall–Kier alpha value is -1.91. The van der Waals surface area contributed by atoms with Gasteiger partial charge in [-0.1, -0.05) is 30.3 Å². The van der Waals surface area contributed by atoms with Gasteiger partial charge >= 0.3 is 11.9 Å². The van der Waals surface area contributed by atoms with Crippen molar-refractivity contribution in [1.82, 2.24) is 9.62 Å². The van der Waals surface area contributed by atoms with E-state index < -0.39 is 62.6 Å². The van der Waals surface area contributed by atoms with E-state index >= 15 is 0 Å². The van der Waals surface area contributed by atoms with E-state index in [9.17, 15) is 23.7 Å². The van der Waals surface area contributed by atoms with E-state index in [1.807, 2.05) is 30.3 Å². The second-order valence-electron chi connectivity index (χ2n) is 9.29. The normalized spacial score (nSPS) is 27.9. The largest absolute Gasteiger partial charge is 0.479 e. The molecule has 0 spiro atoms. The van der Waals surface area contributed by atoms with Crippen LogP contribution in [0.2, 0.25) is 0 Å². The average molecular weight is 469 g/mol. The molecule has 10 heteroatoms. The Kier molecular flexibility index (Phi) is 6.29. The van der Waals surface area contributed by atoms with Crippen molar-refractivity contribution in [3.8, 4) is 0 Å². The Morgan fingerprint density at radius 3 is 2.42 bits per heavy atom. The van der Waals surface area contributed by atoms with Gasteiger partial charge < -0.3 is 14.7 Å². The van der Waals surface area contributed by atoms with Crippen LogP contribution < -0.4 is 4.72 Å². The van der Waals surface area contributed by atoms with E-state index in [0.717, 1.165) is 5.56 Å². The van der Waals surface area contributed by atoms with Crippen molar-refractivity contribution in [1.29, 1.82) is 0 Å². The second-order valence-corrected chi connectivity index (χ2v) is 12.2.